The molecule has 2 heteroatoms. The van der Waals surface area contributed by atoms with E-state index in [9.17, 15) is 5.11 Å². The van der Waals surface area contributed by atoms with E-state index < -0.39 is 5.60 Å². The molecule has 2 aliphatic rings. The summed E-state index contributed by atoms with van der Waals surface area (Å²) in [6.07, 6.45) is 0. The van der Waals surface area contributed by atoms with Crippen LogP contribution in [-0.2, 0) is 0 Å². The smallest absolute Gasteiger partial charge is 0.0933 e. The Hall–Kier alpha value is -0.0800. The van der Waals surface area contributed by atoms with Gasteiger partial charge in [0, 0.05) is 19.0 Å². The number of rotatable bonds is 1. The van der Waals surface area contributed by atoms with Gasteiger partial charge in [-0.25, -0.2) is 0 Å². The van der Waals surface area contributed by atoms with Gasteiger partial charge in [-0.05, 0) is 10.8 Å². The minimum Gasteiger partial charge on any atom is -0.387 e. The summed E-state index contributed by atoms with van der Waals surface area (Å²) in [6.45, 7) is 10.6. The van der Waals surface area contributed by atoms with Gasteiger partial charge in [0.1, 0.15) is 0 Å². The molecule has 1 aliphatic heterocycles. The molecule has 0 aromatic carbocycles. The van der Waals surface area contributed by atoms with E-state index in [1.807, 2.05) is 0 Å². The predicted molar refractivity (Wildman–Crippen MR) is 48.9 cm³/mol. The zero-order chi connectivity index (χ0) is 9.20. The third kappa shape index (κ3) is 0.728. The number of hydrogen-bond donors (Lipinski definition) is 2. The third-order valence-electron chi connectivity index (χ3n) is 4.42. The van der Waals surface area contributed by atoms with E-state index in [4.69, 9.17) is 0 Å². The fraction of sp³-hybridized carbons (Fsp3) is 1.00. The molecule has 1 saturated heterocycles. The molecule has 2 fully saturated rings. The minimum absolute atomic E-state index is 0.309. The van der Waals surface area contributed by atoms with Crippen molar-refractivity contribution in [2.75, 3.05) is 13.1 Å². The number of aliphatic hydroxyl groups is 1. The Morgan fingerprint density at radius 1 is 1.08 bits per heavy atom. The molecule has 0 bridgehead atoms. The molecule has 1 saturated carbocycles. The second-order valence-electron chi connectivity index (χ2n) is 5.58. The number of hydrogen-bond acceptors (Lipinski definition) is 2. The van der Waals surface area contributed by atoms with E-state index >= 15 is 0 Å². The van der Waals surface area contributed by atoms with Gasteiger partial charge in [-0.15, -0.1) is 0 Å². The lowest BCUT2D eigenvalue weighted by atomic mass is 9.86. The Bertz CT molecular complexity index is 202. The minimum atomic E-state index is -0.410. The highest BCUT2D eigenvalue weighted by Gasteiger charge is 2.72. The first-order chi connectivity index (χ1) is 5.32. The first kappa shape index (κ1) is 8.52. The molecule has 0 atom stereocenters. The molecule has 2 rings (SSSR count). The molecule has 2 nitrogen and oxygen atoms in total. The molecular weight excluding hydrogens is 150 g/mol. The van der Waals surface area contributed by atoms with Gasteiger partial charge in [-0.3, -0.25) is 0 Å². The van der Waals surface area contributed by atoms with Crippen LogP contribution in [0.15, 0.2) is 0 Å². The summed E-state index contributed by atoms with van der Waals surface area (Å²) in [4.78, 5) is 0. The second kappa shape index (κ2) is 1.88. The molecule has 1 heterocycles. The van der Waals surface area contributed by atoms with Gasteiger partial charge in [-0.1, -0.05) is 27.7 Å². The summed E-state index contributed by atoms with van der Waals surface area (Å²) < 4.78 is 0. The fourth-order valence-electron chi connectivity index (χ4n) is 3.13. The molecule has 0 aromatic heterocycles. The van der Waals surface area contributed by atoms with Gasteiger partial charge in [0.05, 0.1) is 5.60 Å². The average molecular weight is 169 g/mol. The first-order valence-corrected chi connectivity index (χ1v) is 4.75. The molecule has 0 spiro atoms. The van der Waals surface area contributed by atoms with Crippen molar-refractivity contribution in [1.82, 2.24) is 5.32 Å². The number of β-amino-alcohol motifs (C(OH)–C–C–N with tert-alkyl or cyclic N) is 1. The van der Waals surface area contributed by atoms with Gasteiger partial charge in [0.15, 0.2) is 0 Å². The van der Waals surface area contributed by atoms with Crippen LogP contribution in [0.1, 0.15) is 27.7 Å². The average Bonchev–Trinajstić information content (AvgIpc) is 2.20. The molecule has 1 aliphatic carbocycles. The largest absolute Gasteiger partial charge is 0.387 e. The maximum atomic E-state index is 10.2. The SMILES string of the molecule is CC1(C)C(C2(O)CNC2)C1(C)C. The van der Waals surface area contributed by atoms with E-state index in [1.54, 1.807) is 0 Å². The summed E-state index contributed by atoms with van der Waals surface area (Å²) in [6, 6.07) is 0. The monoisotopic (exact) mass is 169 g/mol. The summed E-state index contributed by atoms with van der Waals surface area (Å²) >= 11 is 0. The normalized spacial score (nSPS) is 35.8. The zero-order valence-corrected chi connectivity index (χ0v) is 8.44. The van der Waals surface area contributed by atoms with Crippen LogP contribution in [-0.4, -0.2) is 23.8 Å². The Labute approximate surface area is 74.4 Å². The summed E-state index contributed by atoms with van der Waals surface area (Å²) in [7, 11) is 0. The van der Waals surface area contributed by atoms with Crippen molar-refractivity contribution >= 4 is 0 Å². The van der Waals surface area contributed by atoms with E-state index in [1.165, 1.54) is 0 Å². The van der Waals surface area contributed by atoms with Crippen LogP contribution >= 0.6 is 0 Å². The van der Waals surface area contributed by atoms with Crippen molar-refractivity contribution < 1.29 is 5.11 Å². The van der Waals surface area contributed by atoms with Gasteiger partial charge in [0.25, 0.3) is 0 Å². The predicted octanol–water partition coefficient (Wildman–Crippen LogP) is 1.00. The molecule has 12 heavy (non-hydrogen) atoms. The molecule has 0 amide bonds. The quantitative estimate of drug-likeness (QED) is 0.614. The van der Waals surface area contributed by atoms with E-state index in [0.29, 0.717) is 16.7 Å². The Morgan fingerprint density at radius 3 is 1.58 bits per heavy atom. The third-order valence-corrected chi connectivity index (χ3v) is 4.42. The van der Waals surface area contributed by atoms with Crippen molar-refractivity contribution in [3.63, 3.8) is 0 Å². The van der Waals surface area contributed by atoms with Gasteiger partial charge >= 0.3 is 0 Å². The highest BCUT2D eigenvalue weighted by Crippen LogP contribution is 2.72. The van der Waals surface area contributed by atoms with Crippen LogP contribution in [0, 0.1) is 16.7 Å². The van der Waals surface area contributed by atoms with Crippen LogP contribution in [0.25, 0.3) is 0 Å². The highest BCUT2D eigenvalue weighted by molar-refractivity contribution is 5.22. The highest BCUT2D eigenvalue weighted by atomic mass is 16.3. The molecule has 70 valence electrons. The first-order valence-electron chi connectivity index (χ1n) is 4.75. The lowest BCUT2D eigenvalue weighted by molar-refractivity contribution is -0.0453. The van der Waals surface area contributed by atoms with Crippen molar-refractivity contribution in [3.05, 3.63) is 0 Å². The molecular formula is C10H19NO. The van der Waals surface area contributed by atoms with Gasteiger partial charge in [-0.2, -0.15) is 0 Å². The van der Waals surface area contributed by atoms with Crippen molar-refractivity contribution in [1.29, 1.82) is 0 Å². The van der Waals surface area contributed by atoms with Crippen LogP contribution < -0.4 is 5.32 Å². The zero-order valence-electron chi connectivity index (χ0n) is 8.44. The second-order valence-corrected chi connectivity index (χ2v) is 5.58. The van der Waals surface area contributed by atoms with Crippen molar-refractivity contribution in [2.24, 2.45) is 16.7 Å². The standard InChI is InChI=1S/C10H19NO/c1-8(2)7(9(8,3)4)10(12)5-11-6-10/h7,11-12H,5-6H2,1-4H3. The maximum Gasteiger partial charge on any atom is 0.0933 e. The topological polar surface area (TPSA) is 32.3 Å². The number of nitrogens with one attached hydrogen (secondary N) is 1. The lowest BCUT2D eigenvalue weighted by Gasteiger charge is -2.39. The van der Waals surface area contributed by atoms with Crippen LogP contribution in [0.2, 0.25) is 0 Å². The van der Waals surface area contributed by atoms with E-state index in [2.05, 4.69) is 33.0 Å². The molecule has 0 aromatic rings. The summed E-state index contributed by atoms with van der Waals surface area (Å²) in [5.74, 6) is 0.471. The molecule has 2 N–H and O–H groups in total. The van der Waals surface area contributed by atoms with Crippen LogP contribution in [0.5, 0.6) is 0 Å². The van der Waals surface area contributed by atoms with Gasteiger partial charge in [0.2, 0.25) is 0 Å². The van der Waals surface area contributed by atoms with Crippen molar-refractivity contribution in [3.8, 4) is 0 Å². The summed E-state index contributed by atoms with van der Waals surface area (Å²) in [5, 5.41) is 13.3. The fourth-order valence-corrected chi connectivity index (χ4v) is 3.13. The Kier molecular flexibility index (Phi) is 1.33. The van der Waals surface area contributed by atoms with E-state index in [0.717, 1.165) is 13.1 Å². The lowest BCUT2D eigenvalue weighted by Crippen LogP contribution is -2.62. The molecule has 0 unspecified atom stereocenters. The van der Waals surface area contributed by atoms with Crippen LogP contribution in [0.4, 0.5) is 0 Å². The van der Waals surface area contributed by atoms with Gasteiger partial charge < -0.3 is 10.4 Å². The van der Waals surface area contributed by atoms with E-state index in [-0.39, 0.29) is 0 Å². The van der Waals surface area contributed by atoms with Crippen molar-refractivity contribution in [2.45, 2.75) is 33.3 Å². The Balaban J connectivity index is 2.19. The summed E-state index contributed by atoms with van der Waals surface area (Å²) in [5.41, 5.74) is 0.209. The maximum absolute atomic E-state index is 10.2. The Morgan fingerprint density at radius 2 is 1.50 bits per heavy atom. The molecule has 0 radical (unpaired) electrons. The van der Waals surface area contributed by atoms with Crippen LogP contribution in [0.3, 0.4) is 0 Å².